The SMILES string of the molecule is NC[C@@H](C(=O)Nc1cccc2c(-c3cn[nH]c3)c[nH]c12)c1ccc(CO)nc1. The molecule has 28 heavy (non-hydrogen) atoms. The second-order valence-corrected chi connectivity index (χ2v) is 6.44. The number of nitrogens with one attached hydrogen (secondary N) is 3. The Kier molecular flexibility index (Phi) is 4.88. The van der Waals surface area contributed by atoms with Gasteiger partial charge in [-0.15, -0.1) is 0 Å². The first-order valence-electron chi connectivity index (χ1n) is 8.87. The van der Waals surface area contributed by atoms with Crippen LogP contribution in [0.2, 0.25) is 0 Å². The summed E-state index contributed by atoms with van der Waals surface area (Å²) in [5.41, 5.74) is 10.6. The van der Waals surface area contributed by atoms with Gasteiger partial charge in [0.1, 0.15) is 0 Å². The molecule has 0 spiro atoms. The van der Waals surface area contributed by atoms with E-state index in [-0.39, 0.29) is 19.1 Å². The van der Waals surface area contributed by atoms with E-state index in [1.54, 1.807) is 24.5 Å². The molecule has 0 radical (unpaired) electrons. The highest BCUT2D eigenvalue weighted by atomic mass is 16.3. The number of rotatable bonds is 6. The number of aromatic nitrogens is 4. The van der Waals surface area contributed by atoms with Gasteiger partial charge in [0.05, 0.1) is 35.6 Å². The molecule has 0 aliphatic carbocycles. The Morgan fingerprint density at radius 3 is 2.79 bits per heavy atom. The number of carbonyl (C=O) groups is 1. The number of hydrogen-bond acceptors (Lipinski definition) is 5. The van der Waals surface area contributed by atoms with Crippen molar-refractivity contribution in [1.29, 1.82) is 0 Å². The summed E-state index contributed by atoms with van der Waals surface area (Å²) in [5.74, 6) is -0.758. The number of aliphatic hydroxyl groups excluding tert-OH is 1. The highest BCUT2D eigenvalue weighted by Gasteiger charge is 2.21. The van der Waals surface area contributed by atoms with Crippen LogP contribution >= 0.6 is 0 Å². The van der Waals surface area contributed by atoms with Crippen molar-refractivity contribution in [2.24, 2.45) is 5.73 Å². The van der Waals surface area contributed by atoms with E-state index < -0.39 is 5.92 Å². The third-order valence-electron chi connectivity index (χ3n) is 4.75. The van der Waals surface area contributed by atoms with Crippen LogP contribution in [0.4, 0.5) is 5.69 Å². The van der Waals surface area contributed by atoms with Gasteiger partial charge in [-0.25, -0.2) is 0 Å². The van der Waals surface area contributed by atoms with Crippen molar-refractivity contribution < 1.29 is 9.90 Å². The molecule has 0 bridgehead atoms. The highest BCUT2D eigenvalue weighted by molar-refractivity contribution is 6.07. The summed E-state index contributed by atoms with van der Waals surface area (Å²) in [7, 11) is 0. The predicted molar refractivity (Wildman–Crippen MR) is 106 cm³/mol. The summed E-state index contributed by atoms with van der Waals surface area (Å²) in [6.45, 7) is 0.000539. The summed E-state index contributed by atoms with van der Waals surface area (Å²) in [5, 5.41) is 19.9. The number of amides is 1. The molecule has 1 atom stereocenters. The number of fused-ring (bicyclic) bond motifs is 1. The van der Waals surface area contributed by atoms with E-state index in [1.165, 1.54) is 0 Å². The van der Waals surface area contributed by atoms with Gasteiger partial charge in [-0.3, -0.25) is 14.9 Å². The molecule has 0 aliphatic rings. The predicted octanol–water partition coefficient (Wildman–Crippen LogP) is 2.13. The lowest BCUT2D eigenvalue weighted by atomic mass is 9.99. The van der Waals surface area contributed by atoms with E-state index in [0.29, 0.717) is 16.9 Å². The number of para-hydroxylation sites is 1. The molecule has 1 aromatic carbocycles. The van der Waals surface area contributed by atoms with Crippen LogP contribution in [0.25, 0.3) is 22.0 Å². The molecule has 3 aromatic heterocycles. The van der Waals surface area contributed by atoms with Crippen molar-refractivity contribution in [1.82, 2.24) is 20.2 Å². The Morgan fingerprint density at radius 2 is 2.11 bits per heavy atom. The summed E-state index contributed by atoms with van der Waals surface area (Å²) in [6, 6.07) is 9.18. The number of hydrogen-bond donors (Lipinski definition) is 5. The average Bonchev–Trinajstić information content (AvgIpc) is 3.39. The van der Waals surface area contributed by atoms with E-state index in [0.717, 1.165) is 22.0 Å². The third-order valence-corrected chi connectivity index (χ3v) is 4.75. The maximum atomic E-state index is 12.9. The number of benzene rings is 1. The van der Waals surface area contributed by atoms with Crippen molar-refractivity contribution in [2.75, 3.05) is 11.9 Å². The summed E-state index contributed by atoms with van der Waals surface area (Å²) in [6.07, 6.45) is 7.04. The van der Waals surface area contributed by atoms with Gasteiger partial charge in [0, 0.05) is 41.6 Å². The Hall–Kier alpha value is -3.49. The van der Waals surface area contributed by atoms with Crippen molar-refractivity contribution in [3.63, 3.8) is 0 Å². The minimum Gasteiger partial charge on any atom is -0.390 e. The molecular weight excluding hydrogens is 356 g/mol. The molecule has 6 N–H and O–H groups in total. The zero-order chi connectivity index (χ0) is 19.5. The number of anilines is 1. The van der Waals surface area contributed by atoms with E-state index >= 15 is 0 Å². The first-order valence-corrected chi connectivity index (χ1v) is 8.87. The Bertz CT molecular complexity index is 1090. The molecular formula is C20H20N6O2. The third kappa shape index (κ3) is 3.26. The summed E-state index contributed by atoms with van der Waals surface area (Å²) in [4.78, 5) is 20.3. The molecule has 4 aromatic rings. The molecule has 0 saturated heterocycles. The minimum atomic E-state index is -0.543. The molecule has 8 nitrogen and oxygen atoms in total. The van der Waals surface area contributed by atoms with Gasteiger partial charge in [0.15, 0.2) is 0 Å². The van der Waals surface area contributed by atoms with Crippen molar-refractivity contribution in [2.45, 2.75) is 12.5 Å². The van der Waals surface area contributed by atoms with Crippen molar-refractivity contribution in [3.05, 3.63) is 66.4 Å². The fourth-order valence-electron chi connectivity index (χ4n) is 3.25. The van der Waals surface area contributed by atoms with Gasteiger partial charge in [0.2, 0.25) is 5.91 Å². The molecule has 0 fully saturated rings. The maximum Gasteiger partial charge on any atom is 0.233 e. The maximum absolute atomic E-state index is 12.9. The van der Waals surface area contributed by atoms with Crippen LogP contribution in [0, 0.1) is 0 Å². The van der Waals surface area contributed by atoms with Gasteiger partial charge in [-0.2, -0.15) is 5.10 Å². The molecule has 8 heteroatoms. The number of nitrogens with zero attached hydrogens (tertiary/aromatic N) is 2. The number of aliphatic hydroxyl groups is 1. The fourth-order valence-corrected chi connectivity index (χ4v) is 3.25. The highest BCUT2D eigenvalue weighted by Crippen LogP contribution is 2.32. The van der Waals surface area contributed by atoms with Gasteiger partial charge >= 0.3 is 0 Å². The van der Waals surface area contributed by atoms with Gasteiger partial charge < -0.3 is 21.1 Å². The van der Waals surface area contributed by atoms with E-state index in [4.69, 9.17) is 10.8 Å². The molecule has 0 saturated carbocycles. The van der Waals surface area contributed by atoms with Crippen LogP contribution in [-0.2, 0) is 11.4 Å². The number of carbonyl (C=O) groups excluding carboxylic acids is 1. The normalized spacial score (nSPS) is 12.2. The zero-order valence-electron chi connectivity index (χ0n) is 15.0. The first-order chi connectivity index (χ1) is 13.7. The second-order valence-electron chi connectivity index (χ2n) is 6.44. The van der Waals surface area contributed by atoms with Gasteiger partial charge in [-0.1, -0.05) is 18.2 Å². The van der Waals surface area contributed by atoms with Gasteiger partial charge in [0.25, 0.3) is 0 Å². The summed E-state index contributed by atoms with van der Waals surface area (Å²) >= 11 is 0. The molecule has 3 heterocycles. The lowest BCUT2D eigenvalue weighted by Crippen LogP contribution is -2.27. The number of aromatic amines is 2. The molecule has 0 unspecified atom stereocenters. The number of pyridine rings is 1. The topological polar surface area (TPSA) is 133 Å². The van der Waals surface area contributed by atoms with E-state index in [2.05, 4.69) is 25.5 Å². The quantitative estimate of drug-likeness (QED) is 0.352. The summed E-state index contributed by atoms with van der Waals surface area (Å²) < 4.78 is 0. The minimum absolute atomic E-state index is 0.145. The fraction of sp³-hybridized carbons (Fsp3) is 0.150. The van der Waals surface area contributed by atoms with Crippen LogP contribution < -0.4 is 11.1 Å². The van der Waals surface area contributed by atoms with Crippen molar-refractivity contribution >= 4 is 22.5 Å². The lowest BCUT2D eigenvalue weighted by Gasteiger charge is -2.16. The number of nitrogens with two attached hydrogens (primary N) is 1. The monoisotopic (exact) mass is 376 g/mol. The van der Waals surface area contributed by atoms with Crippen LogP contribution in [0.3, 0.4) is 0 Å². The number of H-pyrrole nitrogens is 2. The standard InChI is InChI=1S/C20H20N6O2/c21-6-16(12-4-5-14(11-27)22-7-12)20(28)26-18-3-1-2-15-17(10-23-19(15)18)13-8-24-25-9-13/h1-5,7-10,16,23,27H,6,11,21H2,(H,24,25)(H,26,28)/t16-/m1/s1. The van der Waals surface area contributed by atoms with E-state index in [9.17, 15) is 4.79 Å². The van der Waals surface area contributed by atoms with Crippen LogP contribution in [0.15, 0.2) is 55.1 Å². The Morgan fingerprint density at radius 1 is 1.21 bits per heavy atom. The van der Waals surface area contributed by atoms with Gasteiger partial charge in [-0.05, 0) is 17.7 Å². The van der Waals surface area contributed by atoms with Crippen LogP contribution in [-0.4, -0.2) is 37.7 Å². The van der Waals surface area contributed by atoms with Crippen molar-refractivity contribution in [3.8, 4) is 11.1 Å². The molecule has 142 valence electrons. The lowest BCUT2D eigenvalue weighted by molar-refractivity contribution is -0.117. The Balaban J connectivity index is 1.62. The largest absolute Gasteiger partial charge is 0.390 e. The molecule has 1 amide bonds. The molecule has 4 rings (SSSR count). The smallest absolute Gasteiger partial charge is 0.233 e. The Labute approximate surface area is 160 Å². The molecule has 0 aliphatic heterocycles. The van der Waals surface area contributed by atoms with Crippen LogP contribution in [0.1, 0.15) is 17.2 Å². The van der Waals surface area contributed by atoms with Crippen LogP contribution in [0.5, 0.6) is 0 Å². The first kappa shape index (κ1) is 17.9. The average molecular weight is 376 g/mol. The van der Waals surface area contributed by atoms with E-state index in [1.807, 2.05) is 30.6 Å². The zero-order valence-corrected chi connectivity index (χ0v) is 15.0. The second kappa shape index (κ2) is 7.63.